The van der Waals surface area contributed by atoms with Crippen LogP contribution in [-0.4, -0.2) is 48.0 Å². The lowest BCUT2D eigenvalue weighted by atomic mass is 10.1. The number of rotatable bonds is 8. The fourth-order valence-corrected chi connectivity index (χ4v) is 4.83. The maximum absolute atomic E-state index is 12.6. The maximum atomic E-state index is 12.6. The number of carbonyl (C=O) groups is 1. The van der Waals surface area contributed by atoms with Gasteiger partial charge in [0.25, 0.3) is 5.91 Å². The Kier molecular flexibility index (Phi) is 6.41. The third-order valence-corrected chi connectivity index (χ3v) is 6.57. The minimum absolute atomic E-state index is 0.0476. The van der Waals surface area contributed by atoms with E-state index in [1.165, 1.54) is 16.2 Å². The van der Waals surface area contributed by atoms with Crippen molar-refractivity contribution in [1.29, 1.82) is 0 Å². The normalized spacial score (nSPS) is 12.5. The monoisotopic (exact) mass is 403 g/mol. The van der Waals surface area contributed by atoms with Gasteiger partial charge in [0, 0.05) is 18.0 Å². The van der Waals surface area contributed by atoms with Crippen molar-refractivity contribution in [3.05, 3.63) is 39.2 Å². The number of amides is 1. The molecular formula is C19H25N5OS2. The topological polar surface area (TPSA) is 70.1 Å². The van der Waals surface area contributed by atoms with Gasteiger partial charge in [-0.2, -0.15) is 0 Å². The number of hydrogen-bond acceptors (Lipinski definition) is 7. The molecule has 1 atom stereocenters. The Morgan fingerprint density at radius 3 is 2.81 bits per heavy atom. The van der Waals surface area contributed by atoms with Gasteiger partial charge in [0.05, 0.1) is 16.3 Å². The Bertz CT molecular complexity index is 904. The summed E-state index contributed by atoms with van der Waals surface area (Å²) in [6, 6.07) is 4.39. The summed E-state index contributed by atoms with van der Waals surface area (Å²) in [6.07, 6.45) is 2.52. The van der Waals surface area contributed by atoms with Crippen molar-refractivity contribution in [3.63, 3.8) is 0 Å². The number of nitrogens with zero attached hydrogens (tertiary/aromatic N) is 3. The van der Waals surface area contributed by atoms with Gasteiger partial charge in [-0.25, -0.2) is 9.97 Å². The van der Waals surface area contributed by atoms with Crippen molar-refractivity contribution in [2.24, 2.45) is 0 Å². The molecule has 0 fully saturated rings. The number of hydrogen-bond donors (Lipinski definition) is 2. The molecule has 0 aliphatic heterocycles. The molecule has 0 radical (unpaired) electrons. The summed E-state index contributed by atoms with van der Waals surface area (Å²) in [5.41, 5.74) is 0.932. The van der Waals surface area contributed by atoms with E-state index in [1.54, 1.807) is 17.7 Å². The molecule has 2 N–H and O–H groups in total. The lowest BCUT2D eigenvalue weighted by Crippen LogP contribution is -2.31. The van der Waals surface area contributed by atoms with Crippen LogP contribution in [0.3, 0.4) is 0 Å². The SMILES string of the molecule is CC[C@H](Nc1ncnc2sc(C(=O)NCCN(C)C)c(C)c12)c1cccs1. The van der Waals surface area contributed by atoms with E-state index in [1.807, 2.05) is 25.9 Å². The van der Waals surface area contributed by atoms with Crippen LogP contribution in [0.4, 0.5) is 5.82 Å². The van der Waals surface area contributed by atoms with Crippen molar-refractivity contribution >= 4 is 44.6 Å². The first-order chi connectivity index (χ1) is 13.0. The average molecular weight is 404 g/mol. The fraction of sp³-hybridized carbons (Fsp3) is 0.421. The average Bonchev–Trinajstić information content (AvgIpc) is 3.28. The Hall–Kier alpha value is -2.03. The zero-order valence-electron chi connectivity index (χ0n) is 16.1. The van der Waals surface area contributed by atoms with Crippen molar-refractivity contribution in [1.82, 2.24) is 20.2 Å². The molecule has 3 aromatic rings. The number of aryl methyl sites for hydroxylation is 1. The smallest absolute Gasteiger partial charge is 0.261 e. The summed E-state index contributed by atoms with van der Waals surface area (Å²) >= 11 is 3.16. The molecule has 0 bridgehead atoms. The molecule has 8 heteroatoms. The second kappa shape index (κ2) is 8.77. The molecule has 3 rings (SSSR count). The molecule has 0 saturated heterocycles. The minimum atomic E-state index is -0.0476. The second-order valence-electron chi connectivity index (χ2n) is 6.64. The lowest BCUT2D eigenvalue weighted by molar-refractivity contribution is 0.0954. The third kappa shape index (κ3) is 4.45. The van der Waals surface area contributed by atoms with Crippen molar-refractivity contribution in [3.8, 4) is 0 Å². The predicted molar refractivity (Wildman–Crippen MR) is 114 cm³/mol. The summed E-state index contributed by atoms with van der Waals surface area (Å²) in [6.45, 7) is 5.55. The molecule has 0 aromatic carbocycles. The van der Waals surface area contributed by atoms with E-state index in [4.69, 9.17) is 0 Å². The van der Waals surface area contributed by atoms with Crippen molar-refractivity contribution in [2.45, 2.75) is 26.3 Å². The number of nitrogens with one attached hydrogen (secondary N) is 2. The van der Waals surface area contributed by atoms with Gasteiger partial charge in [-0.05, 0) is 44.4 Å². The fourth-order valence-electron chi connectivity index (χ4n) is 2.90. The largest absolute Gasteiger partial charge is 0.362 e. The van der Waals surface area contributed by atoms with Crippen LogP contribution in [-0.2, 0) is 0 Å². The Morgan fingerprint density at radius 2 is 2.15 bits per heavy atom. The van der Waals surface area contributed by atoms with E-state index in [0.717, 1.165) is 34.6 Å². The predicted octanol–water partition coefficient (Wildman–Crippen LogP) is 3.92. The molecule has 1 amide bonds. The highest BCUT2D eigenvalue weighted by molar-refractivity contribution is 7.20. The first-order valence-corrected chi connectivity index (χ1v) is 10.7. The molecule has 0 unspecified atom stereocenters. The summed E-state index contributed by atoms with van der Waals surface area (Å²) in [7, 11) is 3.98. The Balaban J connectivity index is 1.87. The van der Waals surface area contributed by atoms with E-state index in [0.29, 0.717) is 11.4 Å². The number of thiophene rings is 2. The Morgan fingerprint density at radius 1 is 1.33 bits per heavy atom. The molecule has 0 aliphatic carbocycles. The number of anilines is 1. The molecule has 0 aliphatic rings. The quantitative estimate of drug-likeness (QED) is 0.597. The zero-order valence-corrected chi connectivity index (χ0v) is 17.7. The molecule has 0 spiro atoms. The molecule has 0 saturated carbocycles. The highest BCUT2D eigenvalue weighted by atomic mass is 32.1. The van der Waals surface area contributed by atoms with Crippen LogP contribution in [0.5, 0.6) is 0 Å². The molecular weight excluding hydrogens is 378 g/mol. The first-order valence-electron chi connectivity index (χ1n) is 8.98. The van der Waals surface area contributed by atoms with Crippen LogP contribution < -0.4 is 10.6 Å². The van der Waals surface area contributed by atoms with E-state index in [2.05, 4.69) is 45.0 Å². The highest BCUT2D eigenvalue weighted by Crippen LogP contribution is 2.35. The van der Waals surface area contributed by atoms with Crippen LogP contribution in [0, 0.1) is 6.92 Å². The summed E-state index contributed by atoms with van der Waals surface area (Å²) in [4.78, 5) is 26.3. The van der Waals surface area contributed by atoms with Crippen LogP contribution in [0.15, 0.2) is 23.8 Å². The van der Waals surface area contributed by atoms with Crippen LogP contribution in [0.25, 0.3) is 10.2 Å². The van der Waals surface area contributed by atoms with E-state index < -0.39 is 0 Å². The minimum Gasteiger partial charge on any atom is -0.362 e. The third-order valence-electron chi connectivity index (χ3n) is 4.38. The number of carbonyl (C=O) groups excluding carboxylic acids is 1. The molecule has 27 heavy (non-hydrogen) atoms. The van der Waals surface area contributed by atoms with Gasteiger partial charge < -0.3 is 15.5 Å². The lowest BCUT2D eigenvalue weighted by Gasteiger charge is -2.17. The van der Waals surface area contributed by atoms with Gasteiger partial charge in [0.2, 0.25) is 0 Å². The van der Waals surface area contributed by atoms with Gasteiger partial charge in [-0.3, -0.25) is 4.79 Å². The molecule has 144 valence electrons. The summed E-state index contributed by atoms with van der Waals surface area (Å²) in [5.74, 6) is 0.745. The highest BCUT2D eigenvalue weighted by Gasteiger charge is 2.21. The molecule has 6 nitrogen and oxygen atoms in total. The van der Waals surface area contributed by atoms with Crippen molar-refractivity contribution in [2.75, 3.05) is 32.5 Å². The summed E-state index contributed by atoms with van der Waals surface area (Å²) in [5, 5.41) is 9.57. The standard InChI is InChI=1S/C19H25N5OS2/c1-5-13(14-7-6-10-26-14)23-17-15-12(2)16(27-19(15)22-11-21-17)18(25)20-8-9-24(3)4/h6-7,10-11,13H,5,8-9H2,1-4H3,(H,20,25)(H,21,22,23)/t13-/m0/s1. The first kappa shape index (κ1) is 19.7. The van der Waals surface area contributed by atoms with Gasteiger partial charge in [0.1, 0.15) is 17.0 Å². The van der Waals surface area contributed by atoms with Gasteiger partial charge in [-0.1, -0.05) is 13.0 Å². The van der Waals surface area contributed by atoms with Crippen LogP contribution in [0.2, 0.25) is 0 Å². The van der Waals surface area contributed by atoms with Gasteiger partial charge in [0.15, 0.2) is 0 Å². The Labute approximate surface area is 167 Å². The number of fused-ring (bicyclic) bond motifs is 1. The van der Waals surface area contributed by atoms with Crippen molar-refractivity contribution < 1.29 is 4.79 Å². The van der Waals surface area contributed by atoms with E-state index in [-0.39, 0.29) is 11.9 Å². The maximum Gasteiger partial charge on any atom is 0.261 e. The summed E-state index contributed by atoms with van der Waals surface area (Å²) < 4.78 is 0. The molecule has 3 heterocycles. The van der Waals surface area contributed by atoms with E-state index >= 15 is 0 Å². The zero-order chi connectivity index (χ0) is 19.4. The van der Waals surface area contributed by atoms with Crippen LogP contribution in [0.1, 0.15) is 39.5 Å². The number of likely N-dealkylation sites (N-methyl/N-ethyl adjacent to an activating group) is 1. The van der Waals surface area contributed by atoms with E-state index in [9.17, 15) is 4.79 Å². The molecule has 3 aromatic heterocycles. The second-order valence-corrected chi connectivity index (χ2v) is 8.62. The van der Waals surface area contributed by atoms with Gasteiger partial charge in [-0.15, -0.1) is 22.7 Å². The van der Waals surface area contributed by atoms with Crippen LogP contribution >= 0.6 is 22.7 Å². The van der Waals surface area contributed by atoms with Gasteiger partial charge >= 0.3 is 0 Å². The number of aromatic nitrogens is 2.